The Bertz CT molecular complexity index is 990. The summed E-state index contributed by atoms with van der Waals surface area (Å²) in [6.45, 7) is 3.24. The Balaban J connectivity index is 1.57. The number of halogens is 2. The van der Waals surface area contributed by atoms with Gasteiger partial charge in [-0.25, -0.2) is 9.78 Å². The normalized spacial score (nSPS) is 19.3. The van der Waals surface area contributed by atoms with E-state index in [1.165, 1.54) is 5.56 Å². The number of carbonyl (C=O) groups excluding carboxylic acids is 1. The summed E-state index contributed by atoms with van der Waals surface area (Å²) in [5.41, 5.74) is 4.03. The van der Waals surface area contributed by atoms with Crippen LogP contribution in [0.25, 0.3) is 11.3 Å². The number of methoxy groups -OCH3 is 2. The summed E-state index contributed by atoms with van der Waals surface area (Å²) in [4.78, 5) is 21.5. The number of nitrogens with one attached hydrogen (secondary N) is 1. The molecule has 2 amide bonds. The average Bonchev–Trinajstić information content (AvgIpc) is 3.21. The maximum absolute atomic E-state index is 12.5. The van der Waals surface area contributed by atoms with Crippen molar-refractivity contribution in [2.75, 3.05) is 47.1 Å². The van der Waals surface area contributed by atoms with Crippen molar-refractivity contribution in [2.45, 2.75) is 25.3 Å². The van der Waals surface area contributed by atoms with Gasteiger partial charge in [0.25, 0.3) is 0 Å². The molecule has 1 fully saturated rings. The third-order valence-electron chi connectivity index (χ3n) is 6.15. The molecular weight excluding hydrogens is 496 g/mol. The minimum absolute atomic E-state index is 0.0466. The molecule has 1 aromatic heterocycles. The molecule has 1 saturated heterocycles. The number of ether oxygens (including phenoxy) is 2. The van der Waals surface area contributed by atoms with Crippen molar-refractivity contribution >= 4 is 33.6 Å². The first-order valence-electron chi connectivity index (χ1n) is 10.8. The molecule has 0 unspecified atom stereocenters. The van der Waals surface area contributed by atoms with Gasteiger partial charge in [0.05, 0.1) is 31.1 Å². The first-order chi connectivity index (χ1) is 15.5. The summed E-state index contributed by atoms with van der Waals surface area (Å²) in [7, 11) is 3.31. The van der Waals surface area contributed by atoms with Gasteiger partial charge in [-0.3, -0.25) is 4.90 Å². The summed E-state index contributed by atoms with van der Waals surface area (Å²) >= 11 is 10.0. The highest BCUT2D eigenvalue weighted by Crippen LogP contribution is 2.43. The Kier molecular flexibility index (Phi) is 7.55. The van der Waals surface area contributed by atoms with Crippen LogP contribution in [0, 0.1) is 0 Å². The Morgan fingerprint density at radius 3 is 2.94 bits per heavy atom. The molecule has 172 valence electrons. The van der Waals surface area contributed by atoms with Crippen LogP contribution in [0.2, 0.25) is 5.02 Å². The van der Waals surface area contributed by atoms with Gasteiger partial charge in [0.2, 0.25) is 5.88 Å². The second-order valence-corrected chi connectivity index (χ2v) is 9.26. The van der Waals surface area contributed by atoms with E-state index in [1.54, 1.807) is 14.2 Å². The number of nitrogens with zero attached hydrogens (tertiary/aromatic N) is 3. The van der Waals surface area contributed by atoms with Crippen LogP contribution in [-0.2, 0) is 11.2 Å². The van der Waals surface area contributed by atoms with Crippen molar-refractivity contribution in [3.05, 3.63) is 44.9 Å². The van der Waals surface area contributed by atoms with Crippen LogP contribution < -0.4 is 10.1 Å². The maximum Gasteiger partial charge on any atom is 0.318 e. The monoisotopic (exact) mass is 522 g/mol. The summed E-state index contributed by atoms with van der Waals surface area (Å²) in [5.74, 6) is 0.631. The Morgan fingerprint density at radius 2 is 2.16 bits per heavy atom. The number of fused-ring (bicyclic) bond motifs is 1. The van der Waals surface area contributed by atoms with Crippen LogP contribution in [0.1, 0.15) is 30.0 Å². The smallest absolute Gasteiger partial charge is 0.318 e. The van der Waals surface area contributed by atoms with E-state index in [0.29, 0.717) is 37.3 Å². The number of hydrogen-bond acceptors (Lipinski definition) is 5. The number of amides is 2. The van der Waals surface area contributed by atoms with E-state index in [9.17, 15) is 4.79 Å². The van der Waals surface area contributed by atoms with Gasteiger partial charge in [0, 0.05) is 48.4 Å². The van der Waals surface area contributed by atoms with Crippen LogP contribution in [0.15, 0.2) is 28.7 Å². The summed E-state index contributed by atoms with van der Waals surface area (Å²) in [6, 6.07) is 8.07. The van der Waals surface area contributed by atoms with Gasteiger partial charge in [0.15, 0.2) is 0 Å². The van der Waals surface area contributed by atoms with Crippen molar-refractivity contribution < 1.29 is 14.3 Å². The number of hydrogen-bond donors (Lipinski definition) is 1. The number of urea groups is 1. The van der Waals surface area contributed by atoms with E-state index in [2.05, 4.69) is 32.2 Å². The number of benzene rings is 1. The lowest BCUT2D eigenvalue weighted by Crippen LogP contribution is -2.50. The Morgan fingerprint density at radius 1 is 1.31 bits per heavy atom. The van der Waals surface area contributed by atoms with Gasteiger partial charge in [-0.15, -0.1) is 0 Å². The molecule has 32 heavy (non-hydrogen) atoms. The zero-order chi connectivity index (χ0) is 22.7. The molecule has 2 heterocycles. The zero-order valence-corrected chi connectivity index (χ0v) is 20.7. The van der Waals surface area contributed by atoms with Crippen LogP contribution >= 0.6 is 27.5 Å². The van der Waals surface area contributed by atoms with E-state index in [1.807, 2.05) is 23.1 Å². The molecule has 0 spiro atoms. The number of rotatable bonds is 6. The van der Waals surface area contributed by atoms with Gasteiger partial charge < -0.3 is 19.7 Å². The second-order valence-electron chi connectivity index (χ2n) is 8.03. The van der Waals surface area contributed by atoms with Crippen molar-refractivity contribution in [3.8, 4) is 17.1 Å². The third-order valence-corrected chi connectivity index (χ3v) is 7.45. The molecule has 1 atom stereocenters. The van der Waals surface area contributed by atoms with Gasteiger partial charge in [-0.05, 0) is 52.9 Å². The summed E-state index contributed by atoms with van der Waals surface area (Å²) < 4.78 is 11.7. The molecule has 0 bridgehead atoms. The molecule has 4 rings (SSSR count). The average molecular weight is 524 g/mol. The standard InChI is InChI=1S/C23H28BrClN4O3/c1-31-12-11-28-9-4-10-29(14-26-23(28)30)19-8-7-15-13-18(27-22(32-2)20(15)19)16-5-3-6-17(24)21(16)25/h3,5-6,13,19H,4,7-12,14H2,1-2H3,(H,26,30)/t19-/m0/s1. The van der Waals surface area contributed by atoms with Crippen LogP contribution in [-0.4, -0.2) is 67.9 Å². The highest BCUT2D eigenvalue weighted by Gasteiger charge is 2.34. The minimum atomic E-state index is -0.0466. The number of aryl methyl sites for hydroxylation is 1. The molecule has 9 heteroatoms. The number of carbonyl (C=O) groups is 1. The first-order valence-corrected chi connectivity index (χ1v) is 12.0. The SMILES string of the molecule is COCCN1CCCN([C@H]2CCc3cc(-c4cccc(Br)c4Cl)nc(OC)c32)CNC1=O. The van der Waals surface area contributed by atoms with Crippen LogP contribution in [0.4, 0.5) is 4.79 Å². The predicted molar refractivity (Wildman–Crippen MR) is 128 cm³/mol. The Labute approximate surface area is 202 Å². The van der Waals surface area contributed by atoms with Crippen LogP contribution in [0.5, 0.6) is 5.88 Å². The highest BCUT2D eigenvalue weighted by atomic mass is 79.9. The van der Waals surface area contributed by atoms with Gasteiger partial charge in [0.1, 0.15) is 0 Å². The molecule has 1 aliphatic carbocycles. The van der Waals surface area contributed by atoms with E-state index in [0.717, 1.165) is 47.1 Å². The fourth-order valence-corrected chi connectivity index (χ4v) is 5.14. The van der Waals surface area contributed by atoms with E-state index in [4.69, 9.17) is 26.1 Å². The lowest BCUT2D eigenvalue weighted by atomic mass is 10.0. The maximum atomic E-state index is 12.5. The molecule has 0 radical (unpaired) electrons. The largest absolute Gasteiger partial charge is 0.481 e. The molecule has 2 aliphatic rings. The molecular formula is C23H28BrClN4O3. The van der Waals surface area contributed by atoms with Crippen molar-refractivity contribution in [3.63, 3.8) is 0 Å². The van der Waals surface area contributed by atoms with E-state index < -0.39 is 0 Å². The molecule has 1 aromatic carbocycles. The van der Waals surface area contributed by atoms with Crippen molar-refractivity contribution in [2.24, 2.45) is 0 Å². The predicted octanol–water partition coefficient (Wildman–Crippen LogP) is 4.48. The van der Waals surface area contributed by atoms with Gasteiger partial charge in [-0.2, -0.15) is 0 Å². The third kappa shape index (κ3) is 4.73. The first kappa shape index (κ1) is 23.3. The van der Waals surface area contributed by atoms with E-state index in [-0.39, 0.29) is 12.1 Å². The minimum Gasteiger partial charge on any atom is -0.481 e. The molecule has 1 N–H and O–H groups in total. The summed E-state index contributed by atoms with van der Waals surface area (Å²) in [6.07, 6.45) is 2.80. The van der Waals surface area contributed by atoms with Gasteiger partial charge >= 0.3 is 6.03 Å². The Hall–Kier alpha value is -1.87. The molecule has 7 nitrogen and oxygen atoms in total. The van der Waals surface area contributed by atoms with Crippen molar-refractivity contribution in [1.82, 2.24) is 20.1 Å². The van der Waals surface area contributed by atoms with Crippen LogP contribution in [0.3, 0.4) is 0 Å². The highest BCUT2D eigenvalue weighted by molar-refractivity contribution is 9.10. The quantitative estimate of drug-likeness (QED) is 0.605. The summed E-state index contributed by atoms with van der Waals surface area (Å²) in [5, 5.41) is 3.70. The zero-order valence-electron chi connectivity index (χ0n) is 18.4. The van der Waals surface area contributed by atoms with E-state index >= 15 is 0 Å². The topological polar surface area (TPSA) is 66.9 Å². The number of aromatic nitrogens is 1. The molecule has 1 aliphatic heterocycles. The fourth-order valence-electron chi connectivity index (χ4n) is 4.55. The van der Waals surface area contributed by atoms with Crippen molar-refractivity contribution in [1.29, 1.82) is 0 Å². The fraction of sp³-hybridized carbons (Fsp3) is 0.478. The van der Waals surface area contributed by atoms with Gasteiger partial charge in [-0.1, -0.05) is 23.7 Å². The number of pyridine rings is 1. The molecule has 0 saturated carbocycles. The molecule has 2 aromatic rings. The lowest BCUT2D eigenvalue weighted by molar-refractivity contribution is 0.118. The lowest BCUT2D eigenvalue weighted by Gasteiger charge is -2.34. The second kappa shape index (κ2) is 10.4.